The van der Waals surface area contributed by atoms with Crippen LogP contribution in [0.2, 0.25) is 0 Å². The van der Waals surface area contributed by atoms with Crippen LogP contribution in [-0.4, -0.2) is 55.5 Å². The van der Waals surface area contributed by atoms with Gasteiger partial charge in [-0.25, -0.2) is 0 Å². The van der Waals surface area contributed by atoms with Crippen molar-refractivity contribution in [2.24, 2.45) is 16.7 Å². The molecule has 198 valence electrons. The first-order valence-corrected chi connectivity index (χ1v) is 12.6. The van der Waals surface area contributed by atoms with Crippen molar-refractivity contribution in [3.05, 3.63) is 0 Å². The van der Waals surface area contributed by atoms with E-state index in [1.165, 1.54) is 0 Å². The molecule has 8 nitrogen and oxygen atoms in total. The molecule has 2 N–H and O–H groups in total. The number of carbonyl (C=O) groups excluding carboxylic acids is 3. The Morgan fingerprint density at radius 1 is 1.12 bits per heavy atom. The van der Waals surface area contributed by atoms with Gasteiger partial charge in [0.2, 0.25) is 11.8 Å². The summed E-state index contributed by atoms with van der Waals surface area (Å²) in [6, 6.07) is -0.291. The van der Waals surface area contributed by atoms with Crippen LogP contribution in [0.15, 0.2) is 0 Å². The Bertz CT molecular complexity index is 683. The van der Waals surface area contributed by atoms with Crippen LogP contribution in [0.4, 0.5) is 0 Å². The fraction of sp³-hybridized carbons (Fsp3) is 0.885. The van der Waals surface area contributed by atoms with E-state index in [2.05, 4.69) is 38.3 Å². The average molecular weight is 485 g/mol. The Kier molecular flexibility index (Phi) is 11.5. The van der Waals surface area contributed by atoms with Gasteiger partial charge in [0.25, 0.3) is 0 Å². The van der Waals surface area contributed by atoms with Gasteiger partial charge in [0, 0.05) is 17.9 Å². The summed E-state index contributed by atoms with van der Waals surface area (Å²) in [5.74, 6) is -1.62. The summed E-state index contributed by atoms with van der Waals surface area (Å²) in [4.78, 5) is 37.6. The van der Waals surface area contributed by atoms with E-state index in [0.717, 1.165) is 25.7 Å². The lowest BCUT2D eigenvalue weighted by molar-refractivity contribution is -0.304. The van der Waals surface area contributed by atoms with Crippen LogP contribution in [0.25, 0.3) is 0 Å². The molecule has 0 radical (unpaired) electrons. The van der Waals surface area contributed by atoms with E-state index in [4.69, 9.17) is 14.2 Å². The van der Waals surface area contributed by atoms with Crippen molar-refractivity contribution in [1.82, 2.24) is 10.6 Å². The van der Waals surface area contributed by atoms with E-state index >= 15 is 0 Å². The normalized spacial score (nSPS) is 21.3. The predicted molar refractivity (Wildman–Crippen MR) is 132 cm³/mol. The standard InChI is InChI=1S/C26H48N2O6/c1-10-11-12-13-19(24(3,4)5)22(30)28-18(2)16-32-20(29)14-15-27-23(31)21-25(6,7)17-33-26(8,9)34-21/h18-19,21H,10-17H2,1-9H3,(H,27,31)(H,28,30). The van der Waals surface area contributed by atoms with Crippen molar-refractivity contribution in [2.75, 3.05) is 19.8 Å². The minimum atomic E-state index is -0.834. The third kappa shape index (κ3) is 10.3. The van der Waals surface area contributed by atoms with E-state index in [1.807, 2.05) is 20.8 Å². The molecule has 1 rings (SSSR count). The molecular formula is C26H48N2O6. The maximum atomic E-state index is 12.8. The van der Waals surface area contributed by atoms with Gasteiger partial charge in [0.15, 0.2) is 5.79 Å². The molecule has 1 aliphatic heterocycles. The quantitative estimate of drug-likeness (QED) is 0.321. The number of ether oxygens (including phenoxy) is 3. The topological polar surface area (TPSA) is 103 Å². The summed E-state index contributed by atoms with van der Waals surface area (Å²) in [6.45, 7) is 18.2. The molecule has 0 bridgehead atoms. The number of amides is 2. The lowest BCUT2D eigenvalue weighted by Gasteiger charge is -2.44. The third-order valence-corrected chi connectivity index (χ3v) is 6.11. The molecule has 8 heteroatoms. The van der Waals surface area contributed by atoms with Crippen LogP contribution in [0.1, 0.15) is 94.4 Å². The number of unbranched alkanes of at least 4 members (excludes halogenated alkanes) is 2. The Morgan fingerprint density at radius 3 is 2.35 bits per heavy atom. The van der Waals surface area contributed by atoms with Gasteiger partial charge in [-0.1, -0.05) is 60.8 Å². The van der Waals surface area contributed by atoms with Crippen LogP contribution in [0, 0.1) is 16.7 Å². The molecule has 1 saturated heterocycles. The second-order valence-electron chi connectivity index (χ2n) is 11.7. The lowest BCUT2D eigenvalue weighted by atomic mass is 9.77. The maximum absolute atomic E-state index is 12.8. The monoisotopic (exact) mass is 484 g/mol. The van der Waals surface area contributed by atoms with E-state index in [0.29, 0.717) is 6.61 Å². The molecule has 2 amide bonds. The molecule has 0 aromatic carbocycles. The second-order valence-corrected chi connectivity index (χ2v) is 11.7. The molecule has 0 aromatic rings. The summed E-state index contributed by atoms with van der Waals surface area (Å²) >= 11 is 0. The van der Waals surface area contributed by atoms with Crippen molar-refractivity contribution < 1.29 is 28.6 Å². The molecule has 0 saturated carbocycles. The highest BCUT2D eigenvalue weighted by Crippen LogP contribution is 2.35. The Labute approximate surface area is 206 Å². The second kappa shape index (κ2) is 12.9. The van der Waals surface area contributed by atoms with Gasteiger partial charge in [-0.15, -0.1) is 0 Å². The van der Waals surface area contributed by atoms with Crippen LogP contribution in [0.5, 0.6) is 0 Å². The fourth-order valence-corrected chi connectivity index (χ4v) is 3.93. The number of carbonyl (C=O) groups is 3. The first kappa shape index (κ1) is 30.4. The van der Waals surface area contributed by atoms with E-state index in [1.54, 1.807) is 13.8 Å². The first-order chi connectivity index (χ1) is 15.6. The highest BCUT2D eigenvalue weighted by molar-refractivity contribution is 5.82. The smallest absolute Gasteiger partial charge is 0.307 e. The zero-order valence-corrected chi connectivity index (χ0v) is 22.8. The summed E-state index contributed by atoms with van der Waals surface area (Å²) in [7, 11) is 0. The predicted octanol–water partition coefficient (Wildman–Crippen LogP) is 3.96. The van der Waals surface area contributed by atoms with Crippen LogP contribution >= 0.6 is 0 Å². The SMILES string of the molecule is CCCCCC(C(=O)NC(C)COC(=O)CCNC(=O)C1OC(C)(C)OCC1(C)C)C(C)(C)C. The van der Waals surface area contributed by atoms with Gasteiger partial charge in [-0.3, -0.25) is 14.4 Å². The van der Waals surface area contributed by atoms with Gasteiger partial charge >= 0.3 is 5.97 Å². The molecule has 0 aliphatic carbocycles. The first-order valence-electron chi connectivity index (χ1n) is 12.6. The minimum Gasteiger partial charge on any atom is -0.463 e. The van der Waals surface area contributed by atoms with Crippen LogP contribution in [0.3, 0.4) is 0 Å². The number of nitrogens with one attached hydrogen (secondary N) is 2. The third-order valence-electron chi connectivity index (χ3n) is 6.11. The minimum absolute atomic E-state index is 0.00131. The molecule has 3 atom stereocenters. The van der Waals surface area contributed by atoms with Crippen molar-refractivity contribution in [2.45, 2.75) is 112 Å². The average Bonchev–Trinajstić information content (AvgIpc) is 2.70. The summed E-state index contributed by atoms with van der Waals surface area (Å²) < 4.78 is 16.8. The van der Waals surface area contributed by atoms with Gasteiger partial charge in [-0.05, 0) is 32.6 Å². The molecule has 0 aromatic heterocycles. The van der Waals surface area contributed by atoms with Crippen LogP contribution < -0.4 is 10.6 Å². The summed E-state index contributed by atoms with van der Waals surface area (Å²) in [6.07, 6.45) is 3.47. The number of rotatable bonds is 12. The number of hydrogen-bond donors (Lipinski definition) is 2. The molecular weight excluding hydrogens is 436 g/mol. The van der Waals surface area contributed by atoms with Gasteiger partial charge in [0.1, 0.15) is 12.7 Å². The zero-order valence-electron chi connectivity index (χ0n) is 22.8. The largest absolute Gasteiger partial charge is 0.463 e. The molecule has 1 fully saturated rings. The van der Waals surface area contributed by atoms with Gasteiger partial charge < -0.3 is 24.8 Å². The zero-order chi connectivity index (χ0) is 26.2. The highest BCUT2D eigenvalue weighted by Gasteiger charge is 2.45. The van der Waals surface area contributed by atoms with E-state index in [-0.39, 0.29) is 48.8 Å². The summed E-state index contributed by atoms with van der Waals surface area (Å²) in [5, 5.41) is 5.75. The van der Waals surface area contributed by atoms with Gasteiger partial charge in [0.05, 0.1) is 19.1 Å². The van der Waals surface area contributed by atoms with Crippen molar-refractivity contribution in [3.63, 3.8) is 0 Å². The van der Waals surface area contributed by atoms with Crippen molar-refractivity contribution in [1.29, 1.82) is 0 Å². The van der Waals surface area contributed by atoms with Crippen molar-refractivity contribution in [3.8, 4) is 0 Å². The van der Waals surface area contributed by atoms with Crippen molar-refractivity contribution >= 4 is 17.8 Å². The molecule has 1 heterocycles. The van der Waals surface area contributed by atoms with E-state index < -0.39 is 23.3 Å². The number of esters is 1. The lowest BCUT2D eigenvalue weighted by Crippen LogP contribution is -2.56. The number of hydrogen-bond acceptors (Lipinski definition) is 6. The highest BCUT2D eigenvalue weighted by atomic mass is 16.7. The van der Waals surface area contributed by atoms with E-state index in [9.17, 15) is 14.4 Å². The Hall–Kier alpha value is -1.67. The fourth-order valence-electron chi connectivity index (χ4n) is 3.93. The Balaban J connectivity index is 2.41. The molecule has 0 spiro atoms. The molecule has 34 heavy (non-hydrogen) atoms. The Morgan fingerprint density at radius 2 is 1.76 bits per heavy atom. The summed E-state index contributed by atoms with van der Waals surface area (Å²) in [5.41, 5.74) is -0.612. The van der Waals surface area contributed by atoms with Gasteiger partial charge in [-0.2, -0.15) is 0 Å². The molecule has 1 aliphatic rings. The maximum Gasteiger partial charge on any atom is 0.307 e. The van der Waals surface area contributed by atoms with Crippen LogP contribution in [-0.2, 0) is 28.6 Å². The molecule has 3 unspecified atom stereocenters.